The van der Waals surface area contributed by atoms with E-state index in [2.05, 4.69) is 6.92 Å². The Balaban J connectivity index is 1.86. The van der Waals surface area contributed by atoms with Gasteiger partial charge in [0, 0.05) is 6.54 Å². The number of fused-ring (bicyclic) bond motifs is 1. The van der Waals surface area contributed by atoms with E-state index in [1.54, 1.807) is 28.4 Å². The third-order valence-corrected chi connectivity index (χ3v) is 6.79. The number of carbonyl (C=O) groups excluding carboxylic acids is 1. The molecule has 35 heavy (non-hydrogen) atoms. The van der Waals surface area contributed by atoms with Crippen molar-refractivity contribution < 1.29 is 23.7 Å². The Morgan fingerprint density at radius 3 is 2.11 bits per heavy atom. The van der Waals surface area contributed by atoms with Crippen LogP contribution in [0.4, 0.5) is 0 Å². The van der Waals surface area contributed by atoms with Crippen LogP contribution in [0, 0.1) is 0 Å². The van der Waals surface area contributed by atoms with Crippen molar-refractivity contribution in [3.05, 3.63) is 82.9 Å². The molecule has 6 nitrogen and oxygen atoms in total. The zero-order valence-electron chi connectivity index (χ0n) is 21.0. The topological polar surface area (TPSA) is 57.2 Å². The van der Waals surface area contributed by atoms with Crippen LogP contribution in [-0.2, 0) is 11.2 Å². The zero-order chi connectivity index (χ0) is 24.9. The Hall–Kier alpha value is -3.67. The lowest BCUT2D eigenvalue weighted by Gasteiger charge is -2.40. The first-order valence-corrected chi connectivity index (χ1v) is 11.9. The predicted octanol–water partition coefficient (Wildman–Crippen LogP) is 5.39. The van der Waals surface area contributed by atoms with Gasteiger partial charge in [0.25, 0.3) is 0 Å². The normalized spacial score (nSPS) is 15.7. The van der Waals surface area contributed by atoms with Crippen LogP contribution < -0.4 is 18.9 Å². The maximum absolute atomic E-state index is 14.1. The fourth-order valence-electron chi connectivity index (χ4n) is 5.00. The maximum atomic E-state index is 14.1. The molecular formula is C29H33NO5. The Morgan fingerprint density at radius 2 is 1.49 bits per heavy atom. The van der Waals surface area contributed by atoms with Crippen molar-refractivity contribution in [3.63, 3.8) is 0 Å². The minimum absolute atomic E-state index is 0.110. The Bertz CT molecular complexity index is 1180. The van der Waals surface area contributed by atoms with E-state index in [-0.39, 0.29) is 17.9 Å². The van der Waals surface area contributed by atoms with Crippen LogP contribution in [0.15, 0.2) is 60.7 Å². The average molecular weight is 476 g/mol. The molecule has 0 radical (unpaired) electrons. The molecule has 1 amide bonds. The maximum Gasteiger partial charge on any atom is 0.230 e. The molecule has 3 aromatic carbocycles. The average Bonchev–Trinajstić information content (AvgIpc) is 2.92. The van der Waals surface area contributed by atoms with Crippen molar-refractivity contribution in [1.82, 2.24) is 4.90 Å². The van der Waals surface area contributed by atoms with Gasteiger partial charge in [0.05, 0.1) is 40.4 Å². The number of hydrogen-bond donors (Lipinski definition) is 0. The Morgan fingerprint density at radius 1 is 0.857 bits per heavy atom. The van der Waals surface area contributed by atoms with E-state index in [0.717, 1.165) is 35.1 Å². The van der Waals surface area contributed by atoms with Crippen molar-refractivity contribution in [2.75, 3.05) is 35.0 Å². The van der Waals surface area contributed by atoms with E-state index in [1.165, 1.54) is 0 Å². The van der Waals surface area contributed by atoms with Gasteiger partial charge in [-0.15, -0.1) is 0 Å². The van der Waals surface area contributed by atoms with E-state index in [0.29, 0.717) is 29.5 Å². The van der Waals surface area contributed by atoms with Crippen molar-refractivity contribution in [2.24, 2.45) is 0 Å². The summed E-state index contributed by atoms with van der Waals surface area (Å²) in [7, 11) is 6.51. The minimum atomic E-state index is -0.302. The van der Waals surface area contributed by atoms with Crippen LogP contribution in [-0.4, -0.2) is 45.8 Å². The molecule has 0 spiro atoms. The van der Waals surface area contributed by atoms with Gasteiger partial charge in [0.15, 0.2) is 23.0 Å². The lowest BCUT2D eigenvalue weighted by molar-refractivity contribution is -0.135. The fourth-order valence-corrected chi connectivity index (χ4v) is 5.00. The smallest absolute Gasteiger partial charge is 0.230 e. The molecule has 2 atom stereocenters. The Kier molecular flexibility index (Phi) is 7.49. The molecule has 1 aliphatic rings. The van der Waals surface area contributed by atoms with E-state index in [9.17, 15) is 4.79 Å². The quantitative estimate of drug-likeness (QED) is 0.437. The number of hydrogen-bond acceptors (Lipinski definition) is 5. The van der Waals surface area contributed by atoms with E-state index < -0.39 is 0 Å². The third-order valence-electron chi connectivity index (χ3n) is 6.79. The van der Waals surface area contributed by atoms with Gasteiger partial charge < -0.3 is 23.8 Å². The highest BCUT2D eigenvalue weighted by Gasteiger charge is 2.36. The van der Waals surface area contributed by atoms with Gasteiger partial charge in [-0.1, -0.05) is 43.3 Å². The van der Waals surface area contributed by atoms with Crippen LogP contribution in [0.1, 0.15) is 47.6 Å². The molecule has 0 saturated heterocycles. The molecule has 0 aromatic heterocycles. The number of benzene rings is 3. The molecule has 0 N–H and O–H groups in total. The predicted molar refractivity (Wildman–Crippen MR) is 136 cm³/mol. The standard InChI is InChI=1S/C29H33NO5/c1-6-22(19-10-8-7-9-11-19)29(31)30-15-14-20-16-26(34-4)27(35-5)18-23(20)28(30)21-12-13-24(32-2)25(17-21)33-3/h7-13,16-18,22,28H,6,14-15H2,1-5H3/t22-,28-/m1/s1. The molecule has 0 bridgehead atoms. The van der Waals surface area contributed by atoms with Crippen molar-refractivity contribution in [3.8, 4) is 23.0 Å². The number of rotatable bonds is 8. The summed E-state index contributed by atoms with van der Waals surface area (Å²) >= 11 is 0. The summed E-state index contributed by atoms with van der Waals surface area (Å²) in [6.45, 7) is 2.66. The molecule has 0 saturated carbocycles. The number of methoxy groups -OCH3 is 4. The van der Waals surface area contributed by atoms with Crippen molar-refractivity contribution in [1.29, 1.82) is 0 Å². The largest absolute Gasteiger partial charge is 0.493 e. The lowest BCUT2D eigenvalue weighted by Crippen LogP contribution is -2.43. The van der Waals surface area contributed by atoms with Gasteiger partial charge in [-0.05, 0) is 59.4 Å². The van der Waals surface area contributed by atoms with Crippen LogP contribution in [0.2, 0.25) is 0 Å². The molecule has 6 heteroatoms. The lowest BCUT2D eigenvalue weighted by atomic mass is 9.85. The molecule has 0 fully saturated rings. The Labute approximate surface area is 207 Å². The first-order valence-electron chi connectivity index (χ1n) is 11.9. The van der Waals surface area contributed by atoms with Gasteiger partial charge in [0.2, 0.25) is 5.91 Å². The summed E-state index contributed by atoms with van der Waals surface area (Å²) in [5.41, 5.74) is 4.15. The molecule has 1 aliphatic heterocycles. The van der Waals surface area contributed by atoms with E-state index in [4.69, 9.17) is 18.9 Å². The summed E-state index contributed by atoms with van der Waals surface area (Å²) in [5.74, 6) is 2.49. The second-order valence-corrected chi connectivity index (χ2v) is 8.58. The minimum Gasteiger partial charge on any atom is -0.493 e. The number of amides is 1. The van der Waals surface area contributed by atoms with Crippen LogP contribution in [0.3, 0.4) is 0 Å². The van der Waals surface area contributed by atoms with Gasteiger partial charge >= 0.3 is 0 Å². The van der Waals surface area contributed by atoms with Crippen molar-refractivity contribution in [2.45, 2.75) is 31.7 Å². The number of carbonyl (C=O) groups is 1. The summed E-state index contributed by atoms with van der Waals surface area (Å²) in [4.78, 5) is 16.1. The van der Waals surface area contributed by atoms with Gasteiger partial charge in [0.1, 0.15) is 0 Å². The molecular weight excluding hydrogens is 442 g/mol. The molecule has 3 aromatic rings. The second-order valence-electron chi connectivity index (χ2n) is 8.58. The molecule has 0 unspecified atom stereocenters. The van der Waals surface area contributed by atoms with Gasteiger partial charge in [-0.25, -0.2) is 0 Å². The van der Waals surface area contributed by atoms with E-state index >= 15 is 0 Å². The third kappa shape index (κ3) is 4.65. The molecule has 0 aliphatic carbocycles. The first-order chi connectivity index (χ1) is 17.1. The highest BCUT2D eigenvalue weighted by atomic mass is 16.5. The summed E-state index contributed by atoms with van der Waals surface area (Å²) in [6, 6.07) is 19.6. The van der Waals surface area contributed by atoms with E-state index in [1.807, 2.05) is 65.6 Å². The zero-order valence-corrected chi connectivity index (χ0v) is 21.0. The monoisotopic (exact) mass is 475 g/mol. The van der Waals surface area contributed by atoms with Gasteiger partial charge in [-0.3, -0.25) is 4.79 Å². The highest BCUT2D eigenvalue weighted by molar-refractivity contribution is 5.85. The van der Waals surface area contributed by atoms with Crippen LogP contribution >= 0.6 is 0 Å². The number of nitrogens with zero attached hydrogens (tertiary/aromatic N) is 1. The second kappa shape index (κ2) is 10.7. The van der Waals surface area contributed by atoms with Crippen molar-refractivity contribution >= 4 is 5.91 Å². The van der Waals surface area contributed by atoms with Gasteiger partial charge in [-0.2, -0.15) is 0 Å². The molecule has 1 heterocycles. The van der Waals surface area contributed by atoms with Crippen LogP contribution in [0.25, 0.3) is 0 Å². The summed E-state index contributed by atoms with van der Waals surface area (Å²) in [5, 5.41) is 0. The number of ether oxygens (including phenoxy) is 4. The van der Waals surface area contributed by atoms with Crippen LogP contribution in [0.5, 0.6) is 23.0 Å². The SMILES string of the molecule is CC[C@@H](C(=O)N1CCc2cc(OC)c(OC)cc2[C@H]1c1ccc(OC)c(OC)c1)c1ccccc1. The summed E-state index contributed by atoms with van der Waals surface area (Å²) in [6.07, 6.45) is 1.45. The molecule has 184 valence electrons. The highest BCUT2D eigenvalue weighted by Crippen LogP contribution is 2.44. The summed E-state index contributed by atoms with van der Waals surface area (Å²) < 4.78 is 22.2. The first kappa shape index (κ1) is 24.5. The fraction of sp³-hybridized carbons (Fsp3) is 0.345. The molecule has 4 rings (SSSR count).